The molecule has 0 aromatic carbocycles. The molecule has 124 valence electrons. The van der Waals surface area contributed by atoms with Gasteiger partial charge in [0.1, 0.15) is 18.0 Å². The van der Waals surface area contributed by atoms with E-state index in [0.717, 1.165) is 48.7 Å². The number of aromatic nitrogens is 5. The molecule has 1 N–H and O–H groups in total. The second-order valence-corrected chi connectivity index (χ2v) is 6.40. The van der Waals surface area contributed by atoms with Crippen molar-refractivity contribution in [1.82, 2.24) is 24.7 Å². The molecule has 0 amide bonds. The number of rotatable bonds is 4. The lowest BCUT2D eigenvalue weighted by Gasteiger charge is -2.18. The van der Waals surface area contributed by atoms with Crippen molar-refractivity contribution in [3.8, 4) is 0 Å². The van der Waals surface area contributed by atoms with E-state index in [1.54, 1.807) is 11.0 Å². The molecule has 7 heteroatoms. The van der Waals surface area contributed by atoms with Crippen molar-refractivity contribution in [2.75, 3.05) is 29.9 Å². The van der Waals surface area contributed by atoms with Gasteiger partial charge in [-0.15, -0.1) is 0 Å². The molecule has 1 aliphatic heterocycles. The second kappa shape index (κ2) is 6.07. The Morgan fingerprint density at radius 2 is 2.21 bits per heavy atom. The van der Waals surface area contributed by atoms with Crippen LogP contribution in [0, 0.1) is 12.8 Å². The van der Waals surface area contributed by atoms with Crippen LogP contribution in [0.1, 0.15) is 12.0 Å². The smallest absolute Gasteiger partial charge is 0.163 e. The molecule has 1 atom stereocenters. The molecule has 1 fully saturated rings. The van der Waals surface area contributed by atoms with Crippen LogP contribution in [0.2, 0.25) is 0 Å². The van der Waals surface area contributed by atoms with Crippen molar-refractivity contribution in [3.05, 3.63) is 36.4 Å². The van der Waals surface area contributed by atoms with Crippen LogP contribution in [-0.2, 0) is 7.05 Å². The first kappa shape index (κ1) is 14.9. The highest BCUT2D eigenvalue weighted by Crippen LogP contribution is 2.27. The second-order valence-electron chi connectivity index (χ2n) is 6.40. The van der Waals surface area contributed by atoms with Gasteiger partial charge in [-0.3, -0.25) is 4.68 Å². The summed E-state index contributed by atoms with van der Waals surface area (Å²) >= 11 is 0. The first-order valence-corrected chi connectivity index (χ1v) is 8.25. The summed E-state index contributed by atoms with van der Waals surface area (Å²) in [6, 6.07) is 4.09. The van der Waals surface area contributed by atoms with E-state index in [-0.39, 0.29) is 0 Å². The van der Waals surface area contributed by atoms with Gasteiger partial charge in [-0.05, 0) is 37.0 Å². The molecule has 0 saturated carbocycles. The molecule has 1 saturated heterocycles. The molecule has 24 heavy (non-hydrogen) atoms. The lowest BCUT2D eigenvalue weighted by atomic mass is 10.1. The van der Waals surface area contributed by atoms with Gasteiger partial charge in [0.05, 0.1) is 11.6 Å². The van der Waals surface area contributed by atoms with Gasteiger partial charge in [-0.25, -0.2) is 15.0 Å². The van der Waals surface area contributed by atoms with Gasteiger partial charge < -0.3 is 10.2 Å². The van der Waals surface area contributed by atoms with E-state index in [0.29, 0.717) is 5.92 Å². The van der Waals surface area contributed by atoms with Crippen LogP contribution in [0.15, 0.2) is 30.9 Å². The molecular weight excluding hydrogens is 302 g/mol. The minimum Gasteiger partial charge on any atom is -0.370 e. The van der Waals surface area contributed by atoms with E-state index >= 15 is 0 Å². The largest absolute Gasteiger partial charge is 0.370 e. The number of pyridine rings is 1. The molecule has 3 aromatic heterocycles. The summed E-state index contributed by atoms with van der Waals surface area (Å²) in [5, 5.41) is 8.77. The van der Waals surface area contributed by atoms with Gasteiger partial charge in [-0.1, -0.05) is 0 Å². The first-order valence-electron chi connectivity index (χ1n) is 8.25. The summed E-state index contributed by atoms with van der Waals surface area (Å²) in [4.78, 5) is 15.5. The molecule has 4 rings (SSSR count). The average Bonchev–Trinajstić information content (AvgIpc) is 3.20. The topological polar surface area (TPSA) is 71.8 Å². The highest BCUT2D eigenvalue weighted by atomic mass is 15.3. The maximum atomic E-state index is 4.50. The van der Waals surface area contributed by atoms with Crippen LogP contribution >= 0.6 is 0 Å². The Morgan fingerprint density at radius 3 is 3.08 bits per heavy atom. The number of hydrogen-bond acceptors (Lipinski definition) is 6. The van der Waals surface area contributed by atoms with Gasteiger partial charge in [0.2, 0.25) is 0 Å². The van der Waals surface area contributed by atoms with Crippen molar-refractivity contribution < 1.29 is 0 Å². The molecule has 0 aliphatic carbocycles. The Balaban J connectivity index is 1.44. The molecule has 0 bridgehead atoms. The third kappa shape index (κ3) is 2.77. The number of hydrogen-bond donors (Lipinski definition) is 1. The molecule has 0 radical (unpaired) electrons. The molecule has 0 spiro atoms. The van der Waals surface area contributed by atoms with Crippen LogP contribution in [0.3, 0.4) is 0 Å². The van der Waals surface area contributed by atoms with Crippen LogP contribution in [0.25, 0.3) is 11.0 Å². The fraction of sp³-hybridized carbons (Fsp3) is 0.412. The normalized spacial score (nSPS) is 17.6. The molecule has 0 unspecified atom stereocenters. The minimum atomic E-state index is 0.578. The first-order chi connectivity index (χ1) is 11.7. The number of nitrogens with one attached hydrogen (secondary N) is 1. The summed E-state index contributed by atoms with van der Waals surface area (Å²) in [7, 11) is 1.91. The SMILES string of the molecule is Cc1ccnc(NC[C@H]2CCN(c3ncnc4c3cnn4C)C2)c1. The van der Waals surface area contributed by atoms with Crippen LogP contribution in [0.4, 0.5) is 11.6 Å². The zero-order chi connectivity index (χ0) is 16.5. The molecule has 4 heterocycles. The lowest BCUT2D eigenvalue weighted by Crippen LogP contribution is -2.23. The van der Waals surface area contributed by atoms with Crippen LogP contribution in [0.5, 0.6) is 0 Å². The van der Waals surface area contributed by atoms with E-state index in [1.807, 2.05) is 25.5 Å². The predicted octanol–water partition coefficient (Wildman–Crippen LogP) is 2.01. The third-order valence-electron chi connectivity index (χ3n) is 4.58. The summed E-state index contributed by atoms with van der Waals surface area (Å²) in [6.07, 6.45) is 6.47. The minimum absolute atomic E-state index is 0.578. The van der Waals surface area contributed by atoms with E-state index in [4.69, 9.17) is 0 Å². The van der Waals surface area contributed by atoms with E-state index < -0.39 is 0 Å². The summed E-state index contributed by atoms with van der Waals surface area (Å²) in [5.41, 5.74) is 2.10. The highest BCUT2D eigenvalue weighted by molar-refractivity contribution is 5.86. The molecule has 7 nitrogen and oxygen atoms in total. The monoisotopic (exact) mass is 323 g/mol. The average molecular weight is 323 g/mol. The Morgan fingerprint density at radius 1 is 1.29 bits per heavy atom. The highest BCUT2D eigenvalue weighted by Gasteiger charge is 2.25. The zero-order valence-electron chi connectivity index (χ0n) is 14.0. The molecule has 3 aromatic rings. The van der Waals surface area contributed by atoms with Crippen LogP contribution < -0.4 is 10.2 Å². The van der Waals surface area contributed by atoms with Crippen molar-refractivity contribution in [3.63, 3.8) is 0 Å². The maximum absolute atomic E-state index is 4.50. The van der Waals surface area contributed by atoms with Crippen molar-refractivity contribution in [2.24, 2.45) is 13.0 Å². The Kier molecular flexibility index (Phi) is 3.76. The van der Waals surface area contributed by atoms with Crippen molar-refractivity contribution in [2.45, 2.75) is 13.3 Å². The van der Waals surface area contributed by atoms with Gasteiger partial charge in [0, 0.05) is 32.9 Å². The van der Waals surface area contributed by atoms with E-state index in [2.05, 4.69) is 43.3 Å². The van der Waals surface area contributed by atoms with Gasteiger partial charge in [0.25, 0.3) is 0 Å². The Hall–Kier alpha value is -2.70. The number of fused-ring (bicyclic) bond motifs is 1. The van der Waals surface area contributed by atoms with E-state index in [1.165, 1.54) is 5.56 Å². The van der Waals surface area contributed by atoms with Gasteiger partial charge in [-0.2, -0.15) is 5.10 Å². The quantitative estimate of drug-likeness (QED) is 0.792. The van der Waals surface area contributed by atoms with Gasteiger partial charge >= 0.3 is 0 Å². The summed E-state index contributed by atoms with van der Waals surface area (Å²) < 4.78 is 1.79. The fourth-order valence-corrected chi connectivity index (χ4v) is 3.28. The van der Waals surface area contributed by atoms with Gasteiger partial charge in [0.15, 0.2) is 5.65 Å². The van der Waals surface area contributed by atoms with Crippen molar-refractivity contribution in [1.29, 1.82) is 0 Å². The summed E-state index contributed by atoms with van der Waals surface area (Å²) in [5.74, 6) is 2.52. The fourth-order valence-electron chi connectivity index (χ4n) is 3.28. The molecule has 1 aliphatic rings. The maximum Gasteiger partial charge on any atom is 0.163 e. The van der Waals surface area contributed by atoms with Crippen molar-refractivity contribution >= 4 is 22.7 Å². The third-order valence-corrected chi connectivity index (χ3v) is 4.58. The number of anilines is 2. The Bertz CT molecular complexity index is 857. The summed E-state index contributed by atoms with van der Waals surface area (Å²) in [6.45, 7) is 5.00. The predicted molar refractivity (Wildman–Crippen MR) is 94.1 cm³/mol. The standard InChI is InChI=1S/C17H21N7/c1-12-3-5-18-15(7-12)19-8-13-4-6-24(10-13)17-14-9-22-23(2)16(14)20-11-21-17/h3,5,7,9,11,13H,4,6,8,10H2,1-2H3,(H,18,19)/t13-/m1/s1. The van der Waals surface area contributed by atoms with Crippen LogP contribution in [-0.4, -0.2) is 44.4 Å². The Labute approximate surface area is 140 Å². The zero-order valence-corrected chi connectivity index (χ0v) is 14.0. The lowest BCUT2D eigenvalue weighted by molar-refractivity contribution is 0.621. The van der Waals surface area contributed by atoms with E-state index in [9.17, 15) is 0 Å². The number of nitrogens with zero attached hydrogens (tertiary/aromatic N) is 6. The molecular formula is C17H21N7. The number of aryl methyl sites for hydroxylation is 2.